The summed E-state index contributed by atoms with van der Waals surface area (Å²) in [5.41, 5.74) is 5.94. The Kier molecular flexibility index (Phi) is 4.83. The number of benzene rings is 1. The average molecular weight is 415 g/mol. The van der Waals surface area contributed by atoms with Crippen molar-refractivity contribution in [2.24, 2.45) is 5.16 Å². The highest BCUT2D eigenvalue weighted by Crippen LogP contribution is 2.30. The van der Waals surface area contributed by atoms with E-state index in [-0.39, 0.29) is 0 Å². The first-order valence-electron chi connectivity index (χ1n) is 9.87. The molecule has 1 aliphatic heterocycles. The molecule has 0 fully saturated rings. The highest BCUT2D eigenvalue weighted by Gasteiger charge is 2.15. The van der Waals surface area contributed by atoms with Crippen LogP contribution in [0.3, 0.4) is 0 Å². The van der Waals surface area contributed by atoms with Crippen LogP contribution < -0.4 is 15.4 Å². The fourth-order valence-electron chi connectivity index (χ4n) is 3.44. The van der Waals surface area contributed by atoms with E-state index in [1.807, 2.05) is 54.0 Å². The minimum Gasteiger partial charge on any atom is -0.474 e. The zero-order chi connectivity index (χ0) is 21.2. The molecular formula is C22H21N7O2. The first-order valence-corrected chi connectivity index (χ1v) is 9.87. The van der Waals surface area contributed by atoms with Gasteiger partial charge >= 0.3 is 0 Å². The normalized spacial score (nSPS) is 13.3. The molecule has 4 heterocycles. The van der Waals surface area contributed by atoms with Gasteiger partial charge in [0.2, 0.25) is 5.88 Å². The van der Waals surface area contributed by atoms with Crippen LogP contribution in [0.1, 0.15) is 12.5 Å². The van der Waals surface area contributed by atoms with E-state index in [9.17, 15) is 0 Å². The van der Waals surface area contributed by atoms with Gasteiger partial charge in [-0.15, -0.1) is 0 Å². The van der Waals surface area contributed by atoms with Crippen LogP contribution in [0.4, 0.5) is 17.2 Å². The lowest BCUT2D eigenvalue weighted by Crippen LogP contribution is -2.18. The Morgan fingerprint density at radius 2 is 2.13 bits per heavy atom. The lowest BCUT2D eigenvalue weighted by atomic mass is 10.1. The van der Waals surface area contributed by atoms with E-state index < -0.39 is 0 Å². The summed E-state index contributed by atoms with van der Waals surface area (Å²) in [6, 6.07) is 9.90. The molecule has 31 heavy (non-hydrogen) atoms. The lowest BCUT2D eigenvalue weighted by molar-refractivity contribution is 0.213. The molecule has 0 bridgehead atoms. The summed E-state index contributed by atoms with van der Waals surface area (Å²) in [6.07, 6.45) is 7.36. The van der Waals surface area contributed by atoms with Crippen LogP contribution in [0.25, 0.3) is 16.9 Å². The molecule has 2 N–H and O–H groups in total. The Labute approximate surface area is 178 Å². The second kappa shape index (κ2) is 7.94. The third-order valence-corrected chi connectivity index (χ3v) is 4.97. The van der Waals surface area contributed by atoms with Crippen molar-refractivity contribution in [3.8, 4) is 17.1 Å². The molecule has 4 aromatic rings. The topological polar surface area (TPSA) is 98.0 Å². The molecule has 5 rings (SSSR count). The van der Waals surface area contributed by atoms with Gasteiger partial charge in [0.15, 0.2) is 11.5 Å². The van der Waals surface area contributed by atoms with Crippen LogP contribution in [0.15, 0.2) is 60.3 Å². The van der Waals surface area contributed by atoms with Crippen molar-refractivity contribution in [3.05, 3.63) is 60.7 Å². The maximum Gasteiger partial charge on any atom is 0.237 e. The molecule has 0 saturated heterocycles. The Hall–Kier alpha value is -4.14. The van der Waals surface area contributed by atoms with Crippen molar-refractivity contribution in [1.82, 2.24) is 19.4 Å². The monoisotopic (exact) mass is 415 g/mol. The van der Waals surface area contributed by atoms with Gasteiger partial charge in [0, 0.05) is 42.6 Å². The van der Waals surface area contributed by atoms with Crippen molar-refractivity contribution in [2.45, 2.75) is 6.92 Å². The number of rotatable bonds is 5. The number of hydrogen-bond acceptors (Lipinski definition) is 8. The highest BCUT2D eigenvalue weighted by molar-refractivity contribution is 5.98. The third-order valence-electron chi connectivity index (χ3n) is 4.97. The van der Waals surface area contributed by atoms with Crippen LogP contribution in [-0.2, 0) is 4.84 Å². The number of ether oxygens (including phenoxy) is 1. The number of imidazole rings is 1. The molecule has 0 radical (unpaired) electrons. The summed E-state index contributed by atoms with van der Waals surface area (Å²) in [5, 5.41) is 10.7. The maximum absolute atomic E-state index is 5.58. The molecule has 9 heteroatoms. The van der Waals surface area contributed by atoms with E-state index in [0.717, 1.165) is 46.1 Å². The van der Waals surface area contributed by atoms with Gasteiger partial charge in [0.1, 0.15) is 13.7 Å². The third kappa shape index (κ3) is 3.73. The zero-order valence-corrected chi connectivity index (χ0v) is 17.2. The molecule has 0 saturated carbocycles. The fraction of sp³-hybridized carbons (Fsp3) is 0.182. The number of hydrogen-bond donors (Lipinski definition) is 2. The van der Waals surface area contributed by atoms with Gasteiger partial charge in [0.25, 0.3) is 0 Å². The number of anilines is 3. The Morgan fingerprint density at radius 3 is 2.97 bits per heavy atom. The first kappa shape index (κ1) is 18.9. The van der Waals surface area contributed by atoms with E-state index in [4.69, 9.17) is 14.6 Å². The molecule has 0 amide bonds. The van der Waals surface area contributed by atoms with Gasteiger partial charge in [0.05, 0.1) is 17.1 Å². The zero-order valence-electron chi connectivity index (χ0n) is 17.2. The van der Waals surface area contributed by atoms with Crippen LogP contribution in [-0.4, -0.2) is 45.3 Å². The predicted molar refractivity (Wildman–Crippen MR) is 119 cm³/mol. The van der Waals surface area contributed by atoms with E-state index in [1.54, 1.807) is 12.4 Å². The van der Waals surface area contributed by atoms with E-state index >= 15 is 0 Å². The summed E-state index contributed by atoms with van der Waals surface area (Å²) in [5.74, 6) is 1.27. The number of oxime groups is 1. The van der Waals surface area contributed by atoms with Crippen LogP contribution >= 0.6 is 0 Å². The Morgan fingerprint density at radius 1 is 1.26 bits per heavy atom. The molecule has 1 aliphatic rings. The summed E-state index contributed by atoms with van der Waals surface area (Å²) in [7, 11) is 1.54. The molecule has 0 atom stereocenters. The first-order chi connectivity index (χ1) is 15.2. The van der Waals surface area contributed by atoms with Crippen molar-refractivity contribution < 1.29 is 9.57 Å². The number of pyridine rings is 1. The SMILES string of the molecule is CO/N=C(/C)c1ccc(Nc2nc(-c3cnc4c(c3)NCCO4)cn3ccnc23)cc1. The van der Waals surface area contributed by atoms with Gasteiger partial charge < -0.3 is 24.6 Å². The van der Waals surface area contributed by atoms with Crippen molar-refractivity contribution in [3.63, 3.8) is 0 Å². The summed E-state index contributed by atoms with van der Waals surface area (Å²) >= 11 is 0. The Balaban J connectivity index is 1.49. The van der Waals surface area contributed by atoms with Crippen LogP contribution in [0, 0.1) is 0 Å². The van der Waals surface area contributed by atoms with Gasteiger partial charge in [-0.05, 0) is 30.7 Å². The van der Waals surface area contributed by atoms with E-state index in [2.05, 4.69) is 25.8 Å². The minimum absolute atomic E-state index is 0.613. The molecule has 1 aromatic carbocycles. The summed E-state index contributed by atoms with van der Waals surface area (Å²) < 4.78 is 7.52. The molecule has 3 aromatic heterocycles. The van der Waals surface area contributed by atoms with Gasteiger partial charge in [-0.3, -0.25) is 0 Å². The highest BCUT2D eigenvalue weighted by atomic mass is 16.6. The number of nitrogens with one attached hydrogen (secondary N) is 2. The number of aromatic nitrogens is 4. The minimum atomic E-state index is 0.613. The number of nitrogens with zero attached hydrogens (tertiary/aromatic N) is 5. The molecule has 0 unspecified atom stereocenters. The van der Waals surface area contributed by atoms with E-state index in [0.29, 0.717) is 18.3 Å². The number of fused-ring (bicyclic) bond motifs is 2. The largest absolute Gasteiger partial charge is 0.474 e. The van der Waals surface area contributed by atoms with Crippen LogP contribution in [0.2, 0.25) is 0 Å². The summed E-state index contributed by atoms with van der Waals surface area (Å²) in [4.78, 5) is 18.5. The van der Waals surface area contributed by atoms with Crippen LogP contribution in [0.5, 0.6) is 5.88 Å². The summed E-state index contributed by atoms with van der Waals surface area (Å²) in [6.45, 7) is 3.27. The quantitative estimate of drug-likeness (QED) is 0.379. The van der Waals surface area contributed by atoms with Gasteiger partial charge in [-0.1, -0.05) is 17.3 Å². The fourth-order valence-corrected chi connectivity index (χ4v) is 3.44. The maximum atomic E-state index is 5.58. The second-order valence-electron chi connectivity index (χ2n) is 7.05. The van der Waals surface area contributed by atoms with E-state index in [1.165, 1.54) is 7.11 Å². The second-order valence-corrected chi connectivity index (χ2v) is 7.05. The molecular weight excluding hydrogens is 394 g/mol. The average Bonchev–Trinajstić information content (AvgIpc) is 3.28. The van der Waals surface area contributed by atoms with Gasteiger partial charge in [-0.25, -0.2) is 15.0 Å². The standard InChI is InChI=1S/C22H21N7O2/c1-14(28-30-2)15-3-5-17(6-4-15)26-20-21-24-7-9-29(21)13-19(27-20)16-11-18-22(25-12-16)31-10-8-23-18/h3-7,9,11-13,23H,8,10H2,1-2H3,(H,26,27)/b28-14-. The molecule has 156 valence electrons. The molecule has 9 nitrogen and oxygen atoms in total. The molecule has 0 spiro atoms. The Bertz CT molecular complexity index is 1260. The van der Waals surface area contributed by atoms with Crippen molar-refractivity contribution in [2.75, 3.05) is 30.9 Å². The lowest BCUT2D eigenvalue weighted by Gasteiger charge is -2.18. The molecule has 0 aliphatic carbocycles. The van der Waals surface area contributed by atoms with Gasteiger partial charge in [-0.2, -0.15) is 0 Å². The predicted octanol–water partition coefficient (Wildman–Crippen LogP) is 3.71. The van der Waals surface area contributed by atoms with Crippen molar-refractivity contribution in [1.29, 1.82) is 0 Å². The van der Waals surface area contributed by atoms with Crippen molar-refractivity contribution >= 4 is 28.6 Å². The smallest absolute Gasteiger partial charge is 0.237 e.